The van der Waals surface area contributed by atoms with E-state index in [2.05, 4.69) is 17.1 Å². The number of anilines is 1. The average molecular weight is 274 g/mol. The summed E-state index contributed by atoms with van der Waals surface area (Å²) in [4.78, 5) is 12.9. The summed E-state index contributed by atoms with van der Waals surface area (Å²) in [6.45, 7) is 4.61. The van der Waals surface area contributed by atoms with Gasteiger partial charge in [-0.05, 0) is 31.5 Å². The van der Waals surface area contributed by atoms with E-state index in [0.717, 1.165) is 13.1 Å². The molecule has 1 aromatic rings. The Kier molecular flexibility index (Phi) is 4.53. The van der Waals surface area contributed by atoms with E-state index in [9.17, 15) is 10.1 Å². The van der Waals surface area contributed by atoms with E-state index >= 15 is 0 Å². The van der Waals surface area contributed by atoms with E-state index in [4.69, 9.17) is 5.26 Å². The van der Waals surface area contributed by atoms with Gasteiger partial charge in [0.1, 0.15) is 5.69 Å². The van der Waals surface area contributed by atoms with Crippen molar-refractivity contribution >= 4 is 11.4 Å². The fraction of sp³-hybridized carbons (Fsp3) is 0.500. The van der Waals surface area contributed by atoms with Crippen LogP contribution in [0.4, 0.5) is 11.4 Å². The number of nitriles is 1. The van der Waals surface area contributed by atoms with Crippen LogP contribution < -0.4 is 5.32 Å². The van der Waals surface area contributed by atoms with Crippen molar-refractivity contribution in [2.75, 3.05) is 25.0 Å². The Hall–Kier alpha value is -2.13. The van der Waals surface area contributed by atoms with Crippen molar-refractivity contribution in [1.82, 2.24) is 4.90 Å². The van der Waals surface area contributed by atoms with Crippen molar-refractivity contribution in [1.29, 1.82) is 5.26 Å². The standard InChI is InChI=1S/C14H18N4O2/c1-2-17(12-4-5-12)8-7-16-13-9-11(10-15)3-6-14(13)18(19)20/h3,6,9,12,16H,2,4-5,7-8H2,1H3. The van der Waals surface area contributed by atoms with Crippen LogP contribution in [0.2, 0.25) is 0 Å². The molecule has 1 fully saturated rings. The van der Waals surface area contributed by atoms with Crippen molar-refractivity contribution in [2.24, 2.45) is 0 Å². The van der Waals surface area contributed by atoms with Crippen molar-refractivity contribution in [2.45, 2.75) is 25.8 Å². The Morgan fingerprint density at radius 3 is 2.85 bits per heavy atom. The van der Waals surface area contributed by atoms with E-state index in [-0.39, 0.29) is 5.69 Å². The summed E-state index contributed by atoms with van der Waals surface area (Å²) in [5, 5.41) is 22.9. The number of hydrogen-bond acceptors (Lipinski definition) is 5. The van der Waals surface area contributed by atoms with E-state index in [1.54, 1.807) is 0 Å². The maximum absolute atomic E-state index is 11.0. The van der Waals surface area contributed by atoms with Crippen LogP contribution in [-0.2, 0) is 0 Å². The summed E-state index contributed by atoms with van der Waals surface area (Å²) in [6, 6.07) is 7.05. The van der Waals surface area contributed by atoms with Crippen LogP contribution in [0.15, 0.2) is 18.2 Å². The van der Waals surface area contributed by atoms with Crippen LogP contribution in [0.1, 0.15) is 25.3 Å². The molecule has 1 N–H and O–H groups in total. The summed E-state index contributed by atoms with van der Waals surface area (Å²) in [5.74, 6) is 0. The summed E-state index contributed by atoms with van der Waals surface area (Å²) >= 11 is 0. The van der Waals surface area contributed by atoms with Crippen molar-refractivity contribution in [3.63, 3.8) is 0 Å². The van der Waals surface area contributed by atoms with Crippen LogP contribution in [0.5, 0.6) is 0 Å². The number of likely N-dealkylation sites (N-methyl/N-ethyl adjacent to an activating group) is 1. The monoisotopic (exact) mass is 274 g/mol. The van der Waals surface area contributed by atoms with E-state index in [1.807, 2.05) is 6.07 Å². The predicted molar refractivity (Wildman–Crippen MR) is 76.6 cm³/mol. The highest BCUT2D eigenvalue weighted by molar-refractivity contribution is 5.64. The Balaban J connectivity index is 2.00. The fourth-order valence-electron chi connectivity index (χ4n) is 2.28. The van der Waals surface area contributed by atoms with Gasteiger partial charge in [-0.1, -0.05) is 6.92 Å². The van der Waals surface area contributed by atoms with Gasteiger partial charge in [0.25, 0.3) is 5.69 Å². The second-order valence-corrected chi connectivity index (χ2v) is 4.89. The molecule has 2 rings (SSSR count). The molecule has 1 aliphatic rings. The highest BCUT2D eigenvalue weighted by atomic mass is 16.6. The number of nitro groups is 1. The Morgan fingerprint density at radius 1 is 1.55 bits per heavy atom. The zero-order valence-electron chi connectivity index (χ0n) is 11.5. The van der Waals surface area contributed by atoms with E-state index < -0.39 is 4.92 Å². The number of hydrogen-bond donors (Lipinski definition) is 1. The van der Waals surface area contributed by atoms with Gasteiger partial charge < -0.3 is 5.32 Å². The zero-order chi connectivity index (χ0) is 14.5. The minimum Gasteiger partial charge on any atom is -0.378 e. The molecule has 0 spiro atoms. The molecule has 0 amide bonds. The minimum absolute atomic E-state index is 0.0125. The SMILES string of the molecule is CCN(CCNc1cc(C#N)ccc1[N+](=O)[O-])C1CC1. The molecule has 106 valence electrons. The Labute approximate surface area is 118 Å². The third-order valence-electron chi connectivity index (χ3n) is 3.51. The lowest BCUT2D eigenvalue weighted by molar-refractivity contribution is -0.384. The predicted octanol–water partition coefficient (Wildman–Crippen LogP) is 2.36. The number of benzene rings is 1. The van der Waals surface area contributed by atoms with Crippen molar-refractivity contribution in [3.05, 3.63) is 33.9 Å². The summed E-state index contributed by atoms with van der Waals surface area (Å²) in [6.07, 6.45) is 2.50. The van der Waals surface area contributed by atoms with Gasteiger partial charge in [-0.25, -0.2) is 0 Å². The van der Waals surface area contributed by atoms with Crippen LogP contribution in [0, 0.1) is 21.4 Å². The van der Waals surface area contributed by atoms with Crippen LogP contribution in [-0.4, -0.2) is 35.5 Å². The van der Waals surface area contributed by atoms with Gasteiger partial charge >= 0.3 is 0 Å². The summed E-state index contributed by atoms with van der Waals surface area (Å²) in [7, 11) is 0. The third-order valence-corrected chi connectivity index (χ3v) is 3.51. The molecule has 0 heterocycles. The molecule has 0 aromatic heterocycles. The number of nitrogens with one attached hydrogen (secondary N) is 1. The Morgan fingerprint density at radius 2 is 2.30 bits per heavy atom. The van der Waals surface area contributed by atoms with Crippen molar-refractivity contribution < 1.29 is 4.92 Å². The van der Waals surface area contributed by atoms with Gasteiger partial charge in [0.2, 0.25) is 0 Å². The summed E-state index contributed by atoms with van der Waals surface area (Å²) < 4.78 is 0. The first-order valence-electron chi connectivity index (χ1n) is 6.82. The van der Waals surface area contributed by atoms with Gasteiger partial charge in [0.05, 0.1) is 16.6 Å². The highest BCUT2D eigenvalue weighted by Crippen LogP contribution is 2.27. The lowest BCUT2D eigenvalue weighted by atomic mass is 10.2. The van der Waals surface area contributed by atoms with Gasteiger partial charge in [-0.15, -0.1) is 0 Å². The van der Waals surface area contributed by atoms with Gasteiger partial charge in [0.15, 0.2) is 0 Å². The molecule has 0 saturated heterocycles. The summed E-state index contributed by atoms with van der Waals surface area (Å²) in [5.41, 5.74) is 0.854. The smallest absolute Gasteiger partial charge is 0.292 e. The van der Waals surface area contributed by atoms with Crippen LogP contribution >= 0.6 is 0 Å². The second kappa shape index (κ2) is 6.35. The lowest BCUT2D eigenvalue weighted by Gasteiger charge is -2.20. The molecular formula is C14H18N4O2. The number of nitrogens with zero attached hydrogens (tertiary/aromatic N) is 3. The topological polar surface area (TPSA) is 82.2 Å². The maximum Gasteiger partial charge on any atom is 0.292 e. The maximum atomic E-state index is 11.0. The molecule has 0 radical (unpaired) electrons. The third kappa shape index (κ3) is 3.45. The number of nitro benzene ring substituents is 1. The van der Waals surface area contributed by atoms with E-state index in [0.29, 0.717) is 23.8 Å². The fourth-order valence-corrected chi connectivity index (χ4v) is 2.28. The quantitative estimate of drug-likeness (QED) is 0.609. The molecular weight excluding hydrogens is 256 g/mol. The first-order chi connectivity index (χ1) is 9.65. The lowest BCUT2D eigenvalue weighted by Crippen LogP contribution is -2.31. The highest BCUT2D eigenvalue weighted by Gasteiger charge is 2.27. The van der Waals surface area contributed by atoms with Gasteiger partial charge in [-0.2, -0.15) is 5.26 Å². The number of rotatable bonds is 7. The molecule has 6 nitrogen and oxygen atoms in total. The second-order valence-electron chi connectivity index (χ2n) is 4.89. The van der Waals surface area contributed by atoms with Gasteiger partial charge in [0, 0.05) is 25.2 Å². The molecule has 1 aromatic carbocycles. The minimum atomic E-state index is -0.429. The largest absolute Gasteiger partial charge is 0.378 e. The first kappa shape index (κ1) is 14.3. The zero-order valence-corrected chi connectivity index (χ0v) is 11.5. The van der Waals surface area contributed by atoms with Crippen LogP contribution in [0.25, 0.3) is 0 Å². The molecule has 1 saturated carbocycles. The van der Waals surface area contributed by atoms with E-state index in [1.165, 1.54) is 31.0 Å². The van der Waals surface area contributed by atoms with Gasteiger partial charge in [-0.3, -0.25) is 15.0 Å². The molecule has 20 heavy (non-hydrogen) atoms. The average Bonchev–Trinajstić information content (AvgIpc) is 3.27. The first-order valence-corrected chi connectivity index (χ1v) is 6.82. The molecule has 6 heteroatoms. The molecule has 1 aliphatic carbocycles. The molecule has 0 unspecified atom stereocenters. The Bertz CT molecular complexity index is 534. The molecule has 0 aliphatic heterocycles. The van der Waals surface area contributed by atoms with Crippen molar-refractivity contribution in [3.8, 4) is 6.07 Å². The normalized spacial score (nSPS) is 14.1. The molecule has 0 bridgehead atoms. The van der Waals surface area contributed by atoms with Crippen LogP contribution in [0.3, 0.4) is 0 Å². The molecule has 0 atom stereocenters.